The number of hydrogen-bond donors (Lipinski definition) is 2. The van der Waals surface area contributed by atoms with Gasteiger partial charge < -0.3 is 19.4 Å². The number of aromatic nitrogens is 2. The van der Waals surface area contributed by atoms with Crippen LogP contribution >= 0.6 is 11.6 Å². The Bertz CT molecular complexity index is 632. The quantitative estimate of drug-likeness (QED) is 0.187. The van der Waals surface area contributed by atoms with Crippen molar-refractivity contribution in [3.05, 3.63) is 27.3 Å². The molecule has 0 spiro atoms. The number of imidazole rings is 1. The zero-order valence-corrected chi connectivity index (χ0v) is 13.6. The standard InChI is InChI=1S/C11H15ClN6O6/c1-3-17(5-8-4-13-9(12)14-8)10(16-18(21)22)15-11(20)24-6-23-7(2)19/h4H,3,5-6H2,1-2H3,(H,13,14)(H,15,16,20). The van der Waals surface area contributed by atoms with Crippen LogP contribution in [0.4, 0.5) is 4.79 Å². The third-order valence-electron chi connectivity index (χ3n) is 2.48. The summed E-state index contributed by atoms with van der Waals surface area (Å²) < 4.78 is 8.97. The molecule has 0 saturated heterocycles. The lowest BCUT2D eigenvalue weighted by Gasteiger charge is -2.21. The van der Waals surface area contributed by atoms with Gasteiger partial charge in [-0.1, -0.05) is 0 Å². The van der Waals surface area contributed by atoms with Crippen molar-refractivity contribution in [3.8, 4) is 0 Å². The van der Waals surface area contributed by atoms with E-state index in [1.807, 2.05) is 0 Å². The van der Waals surface area contributed by atoms with Gasteiger partial charge in [0.2, 0.25) is 6.79 Å². The molecule has 2 N–H and O–H groups in total. The van der Waals surface area contributed by atoms with Crippen molar-refractivity contribution in [2.75, 3.05) is 13.3 Å². The van der Waals surface area contributed by atoms with Crippen LogP contribution in [0.2, 0.25) is 5.28 Å². The van der Waals surface area contributed by atoms with Crippen LogP contribution in [0.25, 0.3) is 0 Å². The fourth-order valence-electron chi connectivity index (χ4n) is 1.49. The number of carbonyl (C=O) groups is 2. The number of hydrogen-bond acceptors (Lipinski definition) is 7. The van der Waals surface area contributed by atoms with Crippen LogP contribution in [0.15, 0.2) is 11.3 Å². The number of alkyl carbamates (subject to hydrolysis) is 1. The molecule has 0 atom stereocenters. The number of rotatable bonds is 6. The van der Waals surface area contributed by atoms with Gasteiger partial charge >= 0.3 is 12.1 Å². The van der Waals surface area contributed by atoms with Gasteiger partial charge in [0, 0.05) is 13.5 Å². The number of esters is 1. The lowest BCUT2D eigenvalue weighted by molar-refractivity contribution is -0.485. The molecule has 1 amide bonds. The fourth-order valence-corrected chi connectivity index (χ4v) is 1.66. The molecule has 24 heavy (non-hydrogen) atoms. The van der Waals surface area contributed by atoms with Crippen molar-refractivity contribution >= 4 is 29.6 Å². The molecule has 12 nitrogen and oxygen atoms in total. The molecule has 13 heteroatoms. The lowest BCUT2D eigenvalue weighted by Crippen LogP contribution is -2.44. The zero-order chi connectivity index (χ0) is 18.1. The average Bonchev–Trinajstić information content (AvgIpc) is 2.88. The normalized spacial score (nSPS) is 10.9. The van der Waals surface area contributed by atoms with E-state index in [-0.39, 0.29) is 24.3 Å². The Morgan fingerprint density at radius 1 is 1.54 bits per heavy atom. The predicted octanol–water partition coefficient (Wildman–Crippen LogP) is 0.679. The number of guanidine groups is 1. The third kappa shape index (κ3) is 6.91. The summed E-state index contributed by atoms with van der Waals surface area (Å²) in [6, 6.07) is 0. The highest BCUT2D eigenvalue weighted by atomic mass is 35.5. The van der Waals surface area contributed by atoms with Gasteiger partial charge in [-0.15, -0.1) is 0 Å². The van der Waals surface area contributed by atoms with Crippen LogP contribution in [-0.2, 0) is 20.8 Å². The third-order valence-corrected chi connectivity index (χ3v) is 2.67. The number of carbonyl (C=O) groups excluding carboxylic acids is 2. The van der Waals surface area contributed by atoms with Gasteiger partial charge in [0.15, 0.2) is 10.3 Å². The Kier molecular flexibility index (Phi) is 7.42. The summed E-state index contributed by atoms with van der Waals surface area (Å²) >= 11 is 5.66. The molecule has 1 aromatic heterocycles. The highest BCUT2D eigenvalue weighted by Gasteiger charge is 2.19. The van der Waals surface area contributed by atoms with E-state index in [4.69, 9.17) is 11.6 Å². The predicted molar refractivity (Wildman–Crippen MR) is 80.4 cm³/mol. The van der Waals surface area contributed by atoms with Crippen molar-refractivity contribution in [2.45, 2.75) is 20.4 Å². The van der Waals surface area contributed by atoms with Crippen molar-refractivity contribution < 1.29 is 24.1 Å². The molecule has 0 aliphatic carbocycles. The van der Waals surface area contributed by atoms with Crippen molar-refractivity contribution in [3.63, 3.8) is 0 Å². The molecule has 0 unspecified atom stereocenters. The molecular formula is C11H15ClN6O6. The van der Waals surface area contributed by atoms with E-state index < -0.39 is 23.9 Å². The number of amides is 1. The second-order valence-electron chi connectivity index (χ2n) is 4.19. The van der Waals surface area contributed by atoms with Gasteiger partial charge in [0.25, 0.3) is 5.96 Å². The van der Waals surface area contributed by atoms with Crippen LogP contribution in [0.5, 0.6) is 0 Å². The van der Waals surface area contributed by atoms with E-state index >= 15 is 0 Å². The van der Waals surface area contributed by atoms with E-state index in [0.29, 0.717) is 5.69 Å². The maximum Gasteiger partial charge on any atom is 0.417 e. The Morgan fingerprint density at radius 3 is 2.75 bits per heavy atom. The molecule has 1 heterocycles. The molecule has 0 aliphatic rings. The second kappa shape index (κ2) is 9.29. The van der Waals surface area contributed by atoms with Gasteiger partial charge in [-0.05, 0) is 18.5 Å². The highest BCUT2D eigenvalue weighted by molar-refractivity contribution is 6.28. The van der Waals surface area contributed by atoms with E-state index in [1.54, 1.807) is 6.92 Å². The number of aromatic amines is 1. The lowest BCUT2D eigenvalue weighted by atomic mass is 10.4. The van der Waals surface area contributed by atoms with E-state index in [2.05, 4.69) is 29.9 Å². The van der Waals surface area contributed by atoms with E-state index in [9.17, 15) is 19.7 Å². The Labute approximate surface area is 140 Å². The summed E-state index contributed by atoms with van der Waals surface area (Å²) in [6.45, 7) is 2.59. The van der Waals surface area contributed by atoms with Gasteiger partial charge in [-0.25, -0.2) is 19.9 Å². The van der Waals surface area contributed by atoms with Gasteiger partial charge in [-0.2, -0.15) is 0 Å². The first-order valence-corrected chi connectivity index (χ1v) is 6.94. The number of halogens is 1. The Balaban J connectivity index is 2.76. The van der Waals surface area contributed by atoms with Crippen LogP contribution < -0.4 is 5.32 Å². The van der Waals surface area contributed by atoms with Gasteiger partial charge in [-0.3, -0.25) is 10.1 Å². The van der Waals surface area contributed by atoms with Crippen LogP contribution in [-0.4, -0.2) is 51.3 Å². The average molecular weight is 363 g/mol. The molecular weight excluding hydrogens is 348 g/mol. The first-order chi connectivity index (χ1) is 11.3. The van der Waals surface area contributed by atoms with Crippen LogP contribution in [0, 0.1) is 10.1 Å². The minimum absolute atomic E-state index is 0.118. The molecule has 0 fully saturated rings. The Morgan fingerprint density at radius 2 is 2.25 bits per heavy atom. The topological polar surface area (TPSA) is 152 Å². The molecule has 0 bridgehead atoms. The molecule has 0 aliphatic heterocycles. The number of nitrogens with one attached hydrogen (secondary N) is 2. The number of nitro groups is 1. The summed E-state index contributed by atoms with van der Waals surface area (Å²) in [5.41, 5.74) is 0.549. The number of H-pyrrole nitrogens is 1. The van der Waals surface area contributed by atoms with Crippen molar-refractivity contribution in [2.24, 2.45) is 5.10 Å². The minimum Gasteiger partial charge on any atom is -0.428 e. The second-order valence-corrected chi connectivity index (χ2v) is 4.54. The molecule has 1 rings (SSSR count). The summed E-state index contributed by atoms with van der Waals surface area (Å²) in [6.07, 6.45) is 0.367. The number of ether oxygens (including phenoxy) is 2. The van der Waals surface area contributed by atoms with E-state index in [0.717, 1.165) is 6.92 Å². The molecule has 0 saturated carbocycles. The fraction of sp³-hybridized carbons (Fsp3) is 0.455. The molecule has 0 aromatic carbocycles. The minimum atomic E-state index is -1.07. The van der Waals surface area contributed by atoms with E-state index in [1.165, 1.54) is 11.1 Å². The number of nitrogens with zero attached hydrogens (tertiary/aromatic N) is 4. The first-order valence-electron chi connectivity index (χ1n) is 6.56. The summed E-state index contributed by atoms with van der Waals surface area (Å²) in [4.78, 5) is 40.7. The molecule has 132 valence electrons. The van der Waals surface area contributed by atoms with Crippen LogP contribution in [0.3, 0.4) is 0 Å². The monoisotopic (exact) mass is 362 g/mol. The summed E-state index contributed by atoms with van der Waals surface area (Å²) in [5, 5.41) is 15.1. The largest absolute Gasteiger partial charge is 0.428 e. The first kappa shape index (κ1) is 19.2. The van der Waals surface area contributed by atoms with Crippen molar-refractivity contribution in [1.82, 2.24) is 20.2 Å². The highest BCUT2D eigenvalue weighted by Crippen LogP contribution is 2.06. The summed E-state index contributed by atoms with van der Waals surface area (Å²) in [5.74, 6) is -1.01. The smallest absolute Gasteiger partial charge is 0.417 e. The SMILES string of the molecule is CCN(Cc1cnc(Cl)[nH]1)/C(=N\[N+](=O)[O-])NC(=O)OCOC(C)=O. The van der Waals surface area contributed by atoms with Crippen molar-refractivity contribution in [1.29, 1.82) is 0 Å². The maximum atomic E-state index is 11.6. The number of hydrazone groups is 1. The molecule has 1 aromatic rings. The molecule has 0 radical (unpaired) electrons. The Hall–Kier alpha value is -2.89. The van der Waals surface area contributed by atoms with Gasteiger partial charge in [0.05, 0.1) is 18.4 Å². The maximum absolute atomic E-state index is 11.6. The summed E-state index contributed by atoms with van der Waals surface area (Å²) in [7, 11) is 0. The zero-order valence-electron chi connectivity index (χ0n) is 12.8. The van der Waals surface area contributed by atoms with Gasteiger partial charge in [0.1, 0.15) is 5.10 Å². The van der Waals surface area contributed by atoms with Crippen LogP contribution in [0.1, 0.15) is 19.5 Å².